The lowest BCUT2D eigenvalue weighted by Gasteiger charge is -2.07. The smallest absolute Gasteiger partial charge is 0.215 e. The Morgan fingerprint density at radius 1 is 1.75 bits per heavy atom. The minimum atomic E-state index is -1.72. The van der Waals surface area contributed by atoms with Crippen LogP contribution in [0.1, 0.15) is 0 Å². The summed E-state index contributed by atoms with van der Waals surface area (Å²) < 4.78 is 0. The largest absolute Gasteiger partial charge is 0.370 e. The topological polar surface area (TPSA) is 43.1 Å². The van der Waals surface area contributed by atoms with Crippen molar-refractivity contribution in [2.75, 3.05) is 0 Å². The van der Waals surface area contributed by atoms with E-state index in [0.29, 0.717) is 6.04 Å². The Kier molecular flexibility index (Phi) is 2.50. The van der Waals surface area contributed by atoms with Crippen molar-refractivity contribution in [2.45, 2.75) is 19.1 Å². The Hall–Kier alpha value is -0.0231. The molecule has 0 unspecified atom stereocenters. The van der Waals surface area contributed by atoms with Gasteiger partial charge in [-0.1, -0.05) is 13.1 Å². The van der Waals surface area contributed by atoms with Gasteiger partial charge in [-0.25, -0.2) is 0 Å². The zero-order chi connectivity index (χ0) is 6.78. The molecular weight excluding hydrogens is 142 g/mol. The predicted octanol–water partition coefficient (Wildman–Crippen LogP) is 0.916. The average molecular weight is 152 g/mol. The Morgan fingerprint density at radius 2 is 2.12 bits per heavy atom. The molecular formula is C4H10ClNOSi. The lowest BCUT2D eigenvalue weighted by atomic mass is 10.8. The summed E-state index contributed by atoms with van der Waals surface area (Å²) in [6, 6.07) is 0.370. The lowest BCUT2D eigenvalue weighted by Crippen LogP contribution is -2.25. The maximum atomic E-state index is 10.2. The first-order chi connectivity index (χ1) is 3.42. The van der Waals surface area contributed by atoms with Gasteiger partial charge < -0.3 is 5.73 Å². The number of rotatable bonds is 2. The fraction of sp³-hybridized carbons (Fsp3) is 0.750. The number of primary amides is 1. The average Bonchev–Trinajstić information content (AvgIpc) is 1.21. The van der Waals surface area contributed by atoms with Crippen molar-refractivity contribution in [3.8, 4) is 0 Å². The Morgan fingerprint density at radius 3 is 2.12 bits per heavy atom. The molecule has 0 rings (SSSR count). The number of hydrogen-bond acceptors (Lipinski definition) is 1. The summed E-state index contributed by atoms with van der Waals surface area (Å²) in [6.07, 6.45) is 0. The zero-order valence-electron chi connectivity index (χ0n) is 5.07. The summed E-state index contributed by atoms with van der Waals surface area (Å²) in [5.41, 5.74) is 4.89. The van der Waals surface area contributed by atoms with Gasteiger partial charge in [0.1, 0.15) is 0 Å². The molecule has 0 bridgehead atoms. The third-order valence-corrected chi connectivity index (χ3v) is 2.18. The van der Waals surface area contributed by atoms with Gasteiger partial charge in [-0.05, 0) is 0 Å². The second-order valence-electron chi connectivity index (χ2n) is 2.36. The molecule has 0 spiro atoms. The maximum absolute atomic E-state index is 10.2. The Balaban J connectivity index is 3.55. The van der Waals surface area contributed by atoms with Crippen LogP contribution in [0.2, 0.25) is 19.1 Å². The van der Waals surface area contributed by atoms with Crippen molar-refractivity contribution in [3.05, 3.63) is 0 Å². The van der Waals surface area contributed by atoms with E-state index in [0.717, 1.165) is 0 Å². The SMILES string of the molecule is C[Si](C)(Cl)CC(N)=O. The molecule has 0 aliphatic heterocycles. The fourth-order valence-corrected chi connectivity index (χ4v) is 1.64. The molecule has 48 valence electrons. The second kappa shape index (κ2) is 2.50. The van der Waals surface area contributed by atoms with Crippen LogP contribution in [0.15, 0.2) is 0 Å². The normalized spacial score (nSPS) is 11.4. The molecule has 0 aromatic rings. The molecule has 1 amide bonds. The fourth-order valence-electron chi connectivity index (χ4n) is 0.414. The van der Waals surface area contributed by atoms with Crippen LogP contribution in [0, 0.1) is 0 Å². The molecule has 0 fully saturated rings. The summed E-state index contributed by atoms with van der Waals surface area (Å²) in [7, 11) is -1.72. The molecule has 0 atom stereocenters. The number of carbonyl (C=O) groups excluding carboxylic acids is 1. The standard InChI is InChI=1S/C4H10ClNOSi/c1-8(2,5)3-4(6)7/h3H2,1-2H3,(H2,6,7). The van der Waals surface area contributed by atoms with E-state index in [2.05, 4.69) is 0 Å². The van der Waals surface area contributed by atoms with Crippen molar-refractivity contribution in [1.29, 1.82) is 0 Å². The predicted molar refractivity (Wildman–Crippen MR) is 37.3 cm³/mol. The van der Waals surface area contributed by atoms with E-state index >= 15 is 0 Å². The Labute approximate surface area is 54.7 Å². The molecule has 0 aromatic carbocycles. The van der Waals surface area contributed by atoms with Crippen LogP contribution in [0.4, 0.5) is 0 Å². The number of carbonyl (C=O) groups is 1. The van der Waals surface area contributed by atoms with Crippen molar-refractivity contribution < 1.29 is 4.79 Å². The second-order valence-corrected chi connectivity index (χ2v) is 9.22. The first-order valence-corrected chi connectivity index (χ1v) is 6.61. The quantitative estimate of drug-likeness (QED) is 0.463. The van der Waals surface area contributed by atoms with Crippen molar-refractivity contribution in [1.82, 2.24) is 0 Å². The first-order valence-electron chi connectivity index (χ1n) is 2.39. The van der Waals surface area contributed by atoms with Gasteiger partial charge in [-0.2, -0.15) is 11.1 Å². The van der Waals surface area contributed by atoms with Gasteiger partial charge in [0.25, 0.3) is 0 Å². The van der Waals surface area contributed by atoms with Gasteiger partial charge in [0, 0.05) is 6.04 Å². The van der Waals surface area contributed by atoms with Crippen LogP contribution in [0.3, 0.4) is 0 Å². The van der Waals surface area contributed by atoms with Crippen molar-refractivity contribution in [3.63, 3.8) is 0 Å². The van der Waals surface area contributed by atoms with Crippen LogP contribution in [0.5, 0.6) is 0 Å². The van der Waals surface area contributed by atoms with Crippen LogP contribution >= 0.6 is 11.1 Å². The molecule has 4 heteroatoms. The van der Waals surface area contributed by atoms with E-state index < -0.39 is 7.38 Å². The van der Waals surface area contributed by atoms with Gasteiger partial charge in [0.15, 0.2) is 7.38 Å². The number of amides is 1. The molecule has 0 aliphatic carbocycles. The number of halogens is 1. The summed E-state index contributed by atoms with van der Waals surface area (Å²) in [5.74, 6) is -0.295. The van der Waals surface area contributed by atoms with E-state index in [-0.39, 0.29) is 5.91 Å². The summed E-state index contributed by atoms with van der Waals surface area (Å²) >= 11 is 5.77. The van der Waals surface area contributed by atoms with E-state index in [4.69, 9.17) is 16.8 Å². The van der Waals surface area contributed by atoms with Gasteiger partial charge in [0.2, 0.25) is 5.91 Å². The van der Waals surface area contributed by atoms with Crippen LogP contribution in [0.25, 0.3) is 0 Å². The highest BCUT2D eigenvalue weighted by Gasteiger charge is 2.19. The highest BCUT2D eigenvalue weighted by Crippen LogP contribution is 2.12. The molecule has 0 aliphatic rings. The van der Waals surface area contributed by atoms with Crippen molar-refractivity contribution >= 4 is 24.4 Å². The maximum Gasteiger partial charge on any atom is 0.215 e. The third-order valence-electron chi connectivity index (χ3n) is 0.595. The lowest BCUT2D eigenvalue weighted by molar-refractivity contribution is -0.116. The van der Waals surface area contributed by atoms with E-state index in [1.54, 1.807) is 0 Å². The summed E-state index contributed by atoms with van der Waals surface area (Å²) in [6.45, 7) is 3.78. The monoisotopic (exact) mass is 151 g/mol. The molecule has 8 heavy (non-hydrogen) atoms. The van der Waals surface area contributed by atoms with Crippen LogP contribution < -0.4 is 5.73 Å². The molecule has 0 radical (unpaired) electrons. The minimum absolute atomic E-state index is 0.295. The van der Waals surface area contributed by atoms with E-state index in [9.17, 15) is 4.79 Å². The van der Waals surface area contributed by atoms with Crippen LogP contribution in [-0.2, 0) is 4.79 Å². The number of nitrogens with two attached hydrogens (primary N) is 1. The van der Waals surface area contributed by atoms with E-state index in [1.165, 1.54) is 0 Å². The minimum Gasteiger partial charge on any atom is -0.370 e. The molecule has 2 N–H and O–H groups in total. The molecule has 0 saturated carbocycles. The molecule has 0 saturated heterocycles. The van der Waals surface area contributed by atoms with Gasteiger partial charge in [-0.3, -0.25) is 4.79 Å². The van der Waals surface area contributed by atoms with Gasteiger partial charge >= 0.3 is 0 Å². The Bertz CT molecular complexity index is 98.7. The molecule has 2 nitrogen and oxygen atoms in total. The number of hydrogen-bond donors (Lipinski definition) is 1. The van der Waals surface area contributed by atoms with Gasteiger partial charge in [-0.15, -0.1) is 0 Å². The van der Waals surface area contributed by atoms with Crippen molar-refractivity contribution in [2.24, 2.45) is 5.73 Å². The highest BCUT2D eigenvalue weighted by atomic mass is 35.6. The van der Waals surface area contributed by atoms with Gasteiger partial charge in [0.05, 0.1) is 0 Å². The highest BCUT2D eigenvalue weighted by molar-refractivity contribution is 7.20. The molecule has 0 aromatic heterocycles. The molecule has 0 heterocycles. The third kappa shape index (κ3) is 5.98. The van der Waals surface area contributed by atoms with Crippen LogP contribution in [-0.4, -0.2) is 13.3 Å². The van der Waals surface area contributed by atoms with E-state index in [1.807, 2.05) is 13.1 Å². The summed E-state index contributed by atoms with van der Waals surface area (Å²) in [5, 5.41) is 0. The zero-order valence-corrected chi connectivity index (χ0v) is 6.83. The summed E-state index contributed by atoms with van der Waals surface area (Å²) in [4.78, 5) is 10.2. The first kappa shape index (κ1) is 7.98.